The van der Waals surface area contributed by atoms with E-state index in [0.717, 1.165) is 17.7 Å². The molecule has 0 bridgehead atoms. The van der Waals surface area contributed by atoms with Crippen molar-refractivity contribution in [2.75, 3.05) is 13.2 Å². The predicted molar refractivity (Wildman–Crippen MR) is 72.7 cm³/mol. The predicted octanol–water partition coefficient (Wildman–Crippen LogP) is 2.69. The molecule has 0 radical (unpaired) electrons. The lowest BCUT2D eigenvalue weighted by Crippen LogP contribution is -2.40. The minimum absolute atomic E-state index is 0.213. The third kappa shape index (κ3) is 3.43. The second-order valence-electron chi connectivity index (χ2n) is 4.46. The third-order valence-corrected chi connectivity index (χ3v) is 3.24. The fourth-order valence-electron chi connectivity index (χ4n) is 1.95. The van der Waals surface area contributed by atoms with Gasteiger partial charge in [0.15, 0.2) is 0 Å². The standard InChI is InChI=1S/C14H24N2O2/c1-5-14(4,18-7-3)13(15)11-8-12(17-6-2)10-16-9-11/h8-10,13H,5-7,15H2,1-4H3. The topological polar surface area (TPSA) is 57.4 Å². The van der Waals surface area contributed by atoms with E-state index in [1.54, 1.807) is 12.4 Å². The van der Waals surface area contributed by atoms with E-state index in [0.29, 0.717) is 13.2 Å². The molecule has 0 aliphatic heterocycles. The van der Waals surface area contributed by atoms with Gasteiger partial charge in [-0.2, -0.15) is 0 Å². The van der Waals surface area contributed by atoms with Crippen molar-refractivity contribution in [1.82, 2.24) is 4.98 Å². The van der Waals surface area contributed by atoms with Crippen LogP contribution < -0.4 is 10.5 Å². The molecule has 102 valence electrons. The molecule has 1 aromatic rings. The average Bonchev–Trinajstić information content (AvgIpc) is 2.39. The fourth-order valence-corrected chi connectivity index (χ4v) is 1.95. The number of rotatable bonds is 7. The van der Waals surface area contributed by atoms with E-state index in [1.165, 1.54) is 0 Å². The van der Waals surface area contributed by atoms with Crippen molar-refractivity contribution < 1.29 is 9.47 Å². The van der Waals surface area contributed by atoms with Gasteiger partial charge in [-0.1, -0.05) is 6.92 Å². The highest BCUT2D eigenvalue weighted by Crippen LogP contribution is 2.31. The van der Waals surface area contributed by atoms with E-state index in [2.05, 4.69) is 11.9 Å². The summed E-state index contributed by atoms with van der Waals surface area (Å²) in [5, 5.41) is 0. The number of nitrogens with two attached hydrogens (primary N) is 1. The Balaban J connectivity index is 2.94. The summed E-state index contributed by atoms with van der Waals surface area (Å²) in [7, 11) is 0. The van der Waals surface area contributed by atoms with Gasteiger partial charge in [-0.25, -0.2) is 0 Å². The summed E-state index contributed by atoms with van der Waals surface area (Å²) in [4.78, 5) is 4.17. The first-order chi connectivity index (χ1) is 8.57. The number of aromatic nitrogens is 1. The summed E-state index contributed by atoms with van der Waals surface area (Å²) >= 11 is 0. The largest absolute Gasteiger partial charge is 0.492 e. The molecule has 4 heteroatoms. The molecule has 0 fully saturated rings. The second kappa shape index (κ2) is 6.71. The lowest BCUT2D eigenvalue weighted by Gasteiger charge is -2.34. The summed E-state index contributed by atoms with van der Waals surface area (Å²) in [5.74, 6) is 0.750. The molecule has 0 saturated carbocycles. The van der Waals surface area contributed by atoms with Gasteiger partial charge < -0.3 is 15.2 Å². The highest BCUT2D eigenvalue weighted by Gasteiger charge is 2.32. The van der Waals surface area contributed by atoms with E-state index in [-0.39, 0.29) is 11.6 Å². The number of hydrogen-bond donors (Lipinski definition) is 1. The zero-order valence-electron chi connectivity index (χ0n) is 11.8. The summed E-state index contributed by atoms with van der Waals surface area (Å²) in [5.41, 5.74) is 6.88. The number of pyridine rings is 1. The monoisotopic (exact) mass is 252 g/mol. The number of ether oxygens (including phenoxy) is 2. The van der Waals surface area contributed by atoms with Crippen LogP contribution >= 0.6 is 0 Å². The number of hydrogen-bond acceptors (Lipinski definition) is 4. The quantitative estimate of drug-likeness (QED) is 0.810. The van der Waals surface area contributed by atoms with Crippen molar-refractivity contribution >= 4 is 0 Å². The molecule has 0 aliphatic rings. The van der Waals surface area contributed by atoms with E-state index in [4.69, 9.17) is 15.2 Å². The molecular formula is C14H24N2O2. The Morgan fingerprint density at radius 2 is 2.00 bits per heavy atom. The van der Waals surface area contributed by atoms with Crippen LogP contribution in [-0.2, 0) is 4.74 Å². The van der Waals surface area contributed by atoms with Gasteiger partial charge in [0.2, 0.25) is 0 Å². The van der Waals surface area contributed by atoms with Crippen LogP contribution in [0.15, 0.2) is 18.5 Å². The van der Waals surface area contributed by atoms with Crippen LogP contribution in [0.2, 0.25) is 0 Å². The Kier molecular flexibility index (Phi) is 5.56. The van der Waals surface area contributed by atoms with Gasteiger partial charge in [0.1, 0.15) is 5.75 Å². The smallest absolute Gasteiger partial charge is 0.137 e. The van der Waals surface area contributed by atoms with Crippen molar-refractivity contribution in [2.45, 2.75) is 45.8 Å². The Bertz CT molecular complexity index is 371. The van der Waals surface area contributed by atoms with Crippen molar-refractivity contribution in [3.05, 3.63) is 24.0 Å². The van der Waals surface area contributed by atoms with Crippen LogP contribution in [0.3, 0.4) is 0 Å². The minimum Gasteiger partial charge on any atom is -0.492 e. The highest BCUT2D eigenvalue weighted by molar-refractivity contribution is 5.27. The molecule has 0 aromatic carbocycles. The van der Waals surface area contributed by atoms with Crippen LogP contribution in [0.5, 0.6) is 5.75 Å². The van der Waals surface area contributed by atoms with Crippen LogP contribution in [0, 0.1) is 0 Å². The fraction of sp³-hybridized carbons (Fsp3) is 0.643. The molecule has 4 nitrogen and oxygen atoms in total. The minimum atomic E-state index is -0.374. The Hall–Kier alpha value is -1.13. The van der Waals surface area contributed by atoms with Crippen molar-refractivity contribution in [3.8, 4) is 5.75 Å². The van der Waals surface area contributed by atoms with E-state index in [9.17, 15) is 0 Å². The Morgan fingerprint density at radius 3 is 2.56 bits per heavy atom. The zero-order chi connectivity index (χ0) is 13.6. The number of nitrogens with zero attached hydrogens (tertiary/aromatic N) is 1. The summed E-state index contributed by atoms with van der Waals surface area (Å²) < 4.78 is 11.2. The highest BCUT2D eigenvalue weighted by atomic mass is 16.5. The molecule has 0 saturated heterocycles. The van der Waals surface area contributed by atoms with E-state index >= 15 is 0 Å². The normalized spacial score (nSPS) is 16.1. The van der Waals surface area contributed by atoms with Gasteiger partial charge >= 0.3 is 0 Å². The van der Waals surface area contributed by atoms with Gasteiger partial charge in [-0.3, -0.25) is 4.98 Å². The maximum atomic E-state index is 6.31. The van der Waals surface area contributed by atoms with Crippen molar-refractivity contribution in [2.24, 2.45) is 5.73 Å². The molecule has 2 N–H and O–H groups in total. The zero-order valence-corrected chi connectivity index (χ0v) is 11.8. The molecule has 2 atom stereocenters. The van der Waals surface area contributed by atoms with Gasteiger partial charge in [0.05, 0.1) is 24.4 Å². The first-order valence-electron chi connectivity index (χ1n) is 6.54. The molecule has 1 aromatic heterocycles. The lowest BCUT2D eigenvalue weighted by atomic mass is 9.89. The molecule has 1 rings (SSSR count). The second-order valence-corrected chi connectivity index (χ2v) is 4.46. The van der Waals surface area contributed by atoms with E-state index in [1.807, 2.05) is 26.8 Å². The summed E-state index contributed by atoms with van der Waals surface area (Å²) in [6.07, 6.45) is 4.32. The average molecular weight is 252 g/mol. The molecular weight excluding hydrogens is 228 g/mol. The van der Waals surface area contributed by atoms with Gasteiger partial charge in [0.25, 0.3) is 0 Å². The maximum absolute atomic E-state index is 6.31. The Morgan fingerprint density at radius 1 is 1.28 bits per heavy atom. The summed E-state index contributed by atoms with van der Waals surface area (Å²) in [6.45, 7) is 9.32. The van der Waals surface area contributed by atoms with Gasteiger partial charge in [-0.15, -0.1) is 0 Å². The van der Waals surface area contributed by atoms with Crippen molar-refractivity contribution in [1.29, 1.82) is 0 Å². The van der Waals surface area contributed by atoms with Crippen LogP contribution in [0.4, 0.5) is 0 Å². The van der Waals surface area contributed by atoms with Gasteiger partial charge in [-0.05, 0) is 38.8 Å². The molecule has 18 heavy (non-hydrogen) atoms. The lowest BCUT2D eigenvalue weighted by molar-refractivity contribution is -0.0473. The van der Waals surface area contributed by atoms with Crippen LogP contribution in [0.1, 0.15) is 45.7 Å². The van der Waals surface area contributed by atoms with Crippen LogP contribution in [0.25, 0.3) is 0 Å². The molecule has 0 amide bonds. The van der Waals surface area contributed by atoms with E-state index < -0.39 is 0 Å². The van der Waals surface area contributed by atoms with Gasteiger partial charge in [0, 0.05) is 12.8 Å². The first-order valence-corrected chi connectivity index (χ1v) is 6.54. The Labute approximate surface area is 110 Å². The van der Waals surface area contributed by atoms with Crippen molar-refractivity contribution in [3.63, 3.8) is 0 Å². The molecule has 1 heterocycles. The first kappa shape index (κ1) is 14.9. The summed E-state index contributed by atoms with van der Waals surface area (Å²) in [6, 6.07) is 1.73. The van der Waals surface area contributed by atoms with Crippen LogP contribution in [-0.4, -0.2) is 23.8 Å². The SMILES string of the molecule is CCOc1cncc(C(N)C(C)(CC)OCC)c1. The third-order valence-electron chi connectivity index (χ3n) is 3.24. The molecule has 0 aliphatic carbocycles. The molecule has 0 spiro atoms. The molecule has 2 unspecified atom stereocenters. The maximum Gasteiger partial charge on any atom is 0.137 e.